The molecule has 0 atom stereocenters. The number of esters is 1. The smallest absolute Gasteiger partial charge is 0.333 e. The highest BCUT2D eigenvalue weighted by Gasteiger charge is 2.20. The van der Waals surface area contributed by atoms with Gasteiger partial charge in [-0.05, 0) is 13.3 Å². The molecule has 0 rings (SSSR count). The minimum absolute atomic E-state index is 0.254. The van der Waals surface area contributed by atoms with Gasteiger partial charge in [-0.25, -0.2) is 9.59 Å². The number of aliphatic hydroxyl groups is 3. The Bertz CT molecular complexity index is 540. The van der Waals surface area contributed by atoms with Crippen LogP contribution in [0.2, 0.25) is 0 Å². The predicted octanol–water partition coefficient (Wildman–Crippen LogP) is 5.29. The Labute approximate surface area is 226 Å². The SMILES string of the molecule is C=C(C)C(=O)OCCCCCCCCCCCCCCCCCC.C=CC(=O)O.NC(CO)(CO)CO. The van der Waals surface area contributed by atoms with Gasteiger partial charge in [-0.15, -0.1) is 0 Å². The van der Waals surface area contributed by atoms with Crippen molar-refractivity contribution in [3.05, 3.63) is 24.8 Å². The zero-order valence-electron chi connectivity index (χ0n) is 23.7. The molecule has 0 saturated carbocycles. The Kier molecular flexibility index (Phi) is 32.8. The van der Waals surface area contributed by atoms with Gasteiger partial charge >= 0.3 is 11.9 Å². The van der Waals surface area contributed by atoms with Crippen LogP contribution in [0.3, 0.4) is 0 Å². The molecule has 0 radical (unpaired) electrons. The van der Waals surface area contributed by atoms with Gasteiger partial charge in [0.2, 0.25) is 0 Å². The Morgan fingerprint density at radius 2 is 1.05 bits per heavy atom. The van der Waals surface area contributed by atoms with Crippen LogP contribution in [0, 0.1) is 0 Å². The fraction of sp³-hybridized carbons (Fsp3) is 0.793. The molecule has 0 unspecified atom stereocenters. The first kappa shape index (κ1) is 39.8. The third-order valence-corrected chi connectivity index (χ3v) is 5.70. The molecule has 0 heterocycles. The van der Waals surface area contributed by atoms with Gasteiger partial charge in [0, 0.05) is 11.6 Å². The van der Waals surface area contributed by atoms with Crippen molar-refractivity contribution < 1.29 is 34.8 Å². The summed E-state index contributed by atoms with van der Waals surface area (Å²) >= 11 is 0. The van der Waals surface area contributed by atoms with Gasteiger partial charge in [-0.2, -0.15) is 0 Å². The van der Waals surface area contributed by atoms with Crippen LogP contribution < -0.4 is 5.73 Å². The predicted molar refractivity (Wildman–Crippen MR) is 151 cm³/mol. The average Bonchev–Trinajstić information content (AvgIpc) is 2.90. The van der Waals surface area contributed by atoms with E-state index in [1.165, 1.54) is 96.3 Å². The van der Waals surface area contributed by atoms with E-state index in [2.05, 4.69) is 20.1 Å². The first-order valence-corrected chi connectivity index (χ1v) is 13.9. The fourth-order valence-electron chi connectivity index (χ4n) is 3.09. The number of aliphatic hydroxyl groups excluding tert-OH is 3. The summed E-state index contributed by atoms with van der Waals surface area (Å²) < 4.78 is 5.08. The van der Waals surface area contributed by atoms with E-state index in [-0.39, 0.29) is 5.97 Å². The van der Waals surface area contributed by atoms with Gasteiger partial charge in [-0.1, -0.05) is 116 Å². The van der Waals surface area contributed by atoms with Crippen molar-refractivity contribution in [2.75, 3.05) is 26.4 Å². The number of hydrogen-bond acceptors (Lipinski definition) is 7. The van der Waals surface area contributed by atoms with Gasteiger partial charge < -0.3 is 30.9 Å². The maximum atomic E-state index is 11.2. The number of carboxylic acids is 1. The van der Waals surface area contributed by atoms with Crippen molar-refractivity contribution in [2.24, 2.45) is 5.73 Å². The van der Waals surface area contributed by atoms with E-state index in [1.54, 1.807) is 6.92 Å². The molecule has 0 amide bonds. The van der Waals surface area contributed by atoms with E-state index in [0.29, 0.717) is 12.2 Å². The largest absolute Gasteiger partial charge is 0.478 e. The lowest BCUT2D eigenvalue weighted by Gasteiger charge is -2.20. The van der Waals surface area contributed by atoms with Crippen LogP contribution in [0.5, 0.6) is 0 Å². The van der Waals surface area contributed by atoms with Crippen molar-refractivity contribution in [3.63, 3.8) is 0 Å². The Morgan fingerprint density at radius 3 is 1.27 bits per heavy atom. The van der Waals surface area contributed by atoms with E-state index in [9.17, 15) is 9.59 Å². The standard InChI is InChI=1S/C22H42O2.C4H11NO3.C3H4O2/c1-4-5-6-7-8-9-10-11-12-13-14-15-16-17-18-19-20-24-22(23)21(2)3;5-4(1-6,2-7)3-8;1-2-3(4)5/h2,4-20H2,1,3H3;6-8H,1-3,5H2;2H,1H2,(H,4,5). The van der Waals surface area contributed by atoms with Crippen molar-refractivity contribution >= 4 is 11.9 Å². The summed E-state index contributed by atoms with van der Waals surface area (Å²) in [4.78, 5) is 20.4. The molecular weight excluding hydrogens is 474 g/mol. The van der Waals surface area contributed by atoms with Crippen molar-refractivity contribution in [1.82, 2.24) is 0 Å². The average molecular weight is 532 g/mol. The first-order chi connectivity index (χ1) is 17.6. The molecule has 8 nitrogen and oxygen atoms in total. The zero-order chi connectivity index (χ0) is 28.8. The van der Waals surface area contributed by atoms with Crippen LogP contribution in [0.4, 0.5) is 0 Å². The van der Waals surface area contributed by atoms with Crippen LogP contribution in [-0.2, 0) is 14.3 Å². The fourth-order valence-corrected chi connectivity index (χ4v) is 3.09. The van der Waals surface area contributed by atoms with Crippen LogP contribution in [-0.4, -0.2) is 64.3 Å². The molecule has 6 N–H and O–H groups in total. The van der Waals surface area contributed by atoms with E-state index < -0.39 is 31.3 Å². The molecule has 0 aromatic rings. The van der Waals surface area contributed by atoms with Crippen molar-refractivity contribution in [1.29, 1.82) is 0 Å². The van der Waals surface area contributed by atoms with E-state index in [0.717, 1.165) is 12.5 Å². The molecule has 37 heavy (non-hydrogen) atoms. The van der Waals surface area contributed by atoms with Crippen molar-refractivity contribution in [3.8, 4) is 0 Å². The second kappa shape index (κ2) is 30.5. The van der Waals surface area contributed by atoms with E-state index >= 15 is 0 Å². The van der Waals surface area contributed by atoms with Gasteiger partial charge in [0.1, 0.15) is 0 Å². The minimum Gasteiger partial charge on any atom is -0.478 e. The highest BCUT2D eigenvalue weighted by Crippen LogP contribution is 2.13. The maximum Gasteiger partial charge on any atom is 0.333 e. The van der Waals surface area contributed by atoms with Gasteiger partial charge in [-0.3, -0.25) is 0 Å². The van der Waals surface area contributed by atoms with Crippen LogP contribution in [0.1, 0.15) is 117 Å². The molecule has 0 fully saturated rings. The lowest BCUT2D eigenvalue weighted by Crippen LogP contribution is -2.50. The third-order valence-electron chi connectivity index (χ3n) is 5.70. The maximum absolute atomic E-state index is 11.2. The molecule has 0 spiro atoms. The quantitative estimate of drug-likeness (QED) is 0.0719. The molecule has 0 bridgehead atoms. The number of rotatable bonds is 22. The molecule has 0 aliphatic rings. The van der Waals surface area contributed by atoms with Crippen molar-refractivity contribution in [2.45, 2.75) is 122 Å². The van der Waals surface area contributed by atoms with Crippen LogP contribution >= 0.6 is 0 Å². The molecule has 0 aliphatic heterocycles. The normalized spacial score (nSPS) is 10.4. The lowest BCUT2D eigenvalue weighted by atomic mass is 10.0. The van der Waals surface area contributed by atoms with Gasteiger partial charge in [0.15, 0.2) is 0 Å². The molecule has 0 aromatic carbocycles. The van der Waals surface area contributed by atoms with Crippen LogP contribution in [0.15, 0.2) is 24.8 Å². The molecule has 0 saturated heterocycles. The highest BCUT2D eigenvalue weighted by atomic mass is 16.5. The summed E-state index contributed by atoms with van der Waals surface area (Å²) in [6.07, 6.45) is 22.6. The number of aliphatic carboxylic acids is 1. The highest BCUT2D eigenvalue weighted by molar-refractivity contribution is 5.86. The molecular formula is C29H57NO7. The zero-order valence-corrected chi connectivity index (χ0v) is 23.7. The number of hydrogen-bond donors (Lipinski definition) is 5. The third kappa shape index (κ3) is 34.3. The van der Waals surface area contributed by atoms with Gasteiger partial charge in [0.25, 0.3) is 0 Å². The summed E-state index contributed by atoms with van der Waals surface area (Å²) in [5, 5.41) is 32.6. The lowest BCUT2D eigenvalue weighted by molar-refractivity contribution is -0.139. The molecule has 220 valence electrons. The summed E-state index contributed by atoms with van der Waals surface area (Å²) in [5.41, 5.74) is 4.43. The molecule has 0 aromatic heterocycles. The molecule has 8 heteroatoms. The van der Waals surface area contributed by atoms with E-state index in [1.807, 2.05) is 0 Å². The van der Waals surface area contributed by atoms with Gasteiger partial charge in [0.05, 0.1) is 32.0 Å². The molecule has 0 aliphatic carbocycles. The monoisotopic (exact) mass is 531 g/mol. The van der Waals surface area contributed by atoms with Crippen LogP contribution in [0.25, 0.3) is 0 Å². The first-order valence-electron chi connectivity index (χ1n) is 13.9. The minimum atomic E-state index is -1.21. The topological polar surface area (TPSA) is 150 Å². The van der Waals surface area contributed by atoms with E-state index in [4.69, 9.17) is 30.9 Å². The summed E-state index contributed by atoms with van der Waals surface area (Å²) in [6, 6.07) is 0. The Hall–Kier alpha value is -1.74. The summed E-state index contributed by atoms with van der Waals surface area (Å²) in [6.45, 7) is 9.84. The number of nitrogens with two attached hydrogens (primary N) is 1. The number of carbonyl (C=O) groups excluding carboxylic acids is 1. The number of unbranched alkanes of at least 4 members (excludes halogenated alkanes) is 15. The Morgan fingerprint density at radius 1 is 0.757 bits per heavy atom. The Balaban J connectivity index is -0.000000726. The number of carboxylic acid groups (broad SMARTS) is 1. The number of carbonyl (C=O) groups is 2. The summed E-state index contributed by atoms with van der Waals surface area (Å²) in [5.74, 6) is -1.24. The number of ether oxygens (including phenoxy) is 1. The second-order valence-electron chi connectivity index (χ2n) is 9.60. The summed E-state index contributed by atoms with van der Waals surface area (Å²) in [7, 11) is 0. The second-order valence-corrected chi connectivity index (χ2v) is 9.60.